The fraction of sp³-hybridized carbons (Fsp3) is 0.444. The van der Waals surface area contributed by atoms with Gasteiger partial charge in [0.25, 0.3) is 0 Å². The molecule has 0 aromatic carbocycles. The standard InChI is InChI=1S/C9H12N4O/c10-7-5-6-8(14-7)12-9(11-6)13-3-1-2-4-13/h5H,1-4,10H2,(H,11,12). The predicted octanol–water partition coefficient (Wildman–Crippen LogP) is 1.34. The molecule has 1 saturated heterocycles. The van der Waals surface area contributed by atoms with Gasteiger partial charge >= 0.3 is 0 Å². The summed E-state index contributed by atoms with van der Waals surface area (Å²) in [5.74, 6) is 1.31. The molecule has 2 aromatic heterocycles. The minimum Gasteiger partial charge on any atom is -0.421 e. The number of nitrogens with two attached hydrogens (primary N) is 1. The van der Waals surface area contributed by atoms with E-state index >= 15 is 0 Å². The van der Waals surface area contributed by atoms with Crippen LogP contribution < -0.4 is 10.6 Å². The summed E-state index contributed by atoms with van der Waals surface area (Å²) in [5, 5.41) is 0. The molecular formula is C9H12N4O. The summed E-state index contributed by atoms with van der Waals surface area (Å²) in [6.45, 7) is 2.15. The average molecular weight is 192 g/mol. The van der Waals surface area contributed by atoms with Crippen molar-refractivity contribution in [2.75, 3.05) is 23.7 Å². The van der Waals surface area contributed by atoms with Crippen LogP contribution in [0.15, 0.2) is 10.5 Å². The third-order valence-electron chi connectivity index (χ3n) is 2.59. The van der Waals surface area contributed by atoms with Gasteiger partial charge in [-0.1, -0.05) is 0 Å². The molecule has 1 aliphatic heterocycles. The van der Waals surface area contributed by atoms with Crippen LogP contribution >= 0.6 is 0 Å². The summed E-state index contributed by atoms with van der Waals surface area (Å²) in [5.41, 5.74) is 6.98. The third-order valence-corrected chi connectivity index (χ3v) is 2.59. The molecule has 14 heavy (non-hydrogen) atoms. The second-order valence-electron chi connectivity index (χ2n) is 3.62. The maximum atomic E-state index is 5.50. The van der Waals surface area contributed by atoms with E-state index in [1.165, 1.54) is 12.8 Å². The molecule has 0 aliphatic carbocycles. The van der Waals surface area contributed by atoms with E-state index < -0.39 is 0 Å². The second kappa shape index (κ2) is 2.67. The van der Waals surface area contributed by atoms with Crippen molar-refractivity contribution in [2.24, 2.45) is 0 Å². The maximum absolute atomic E-state index is 5.50. The van der Waals surface area contributed by atoms with E-state index in [0.29, 0.717) is 11.6 Å². The SMILES string of the molecule is Nc1cc2[nH]c(N3CCCC3)nc2o1. The fourth-order valence-electron chi connectivity index (χ4n) is 1.90. The van der Waals surface area contributed by atoms with Gasteiger partial charge in [0.1, 0.15) is 5.52 Å². The zero-order chi connectivity index (χ0) is 9.54. The van der Waals surface area contributed by atoms with Crippen LogP contribution in [0.3, 0.4) is 0 Å². The van der Waals surface area contributed by atoms with Crippen LogP contribution in [0.2, 0.25) is 0 Å². The Hall–Kier alpha value is -1.65. The Kier molecular flexibility index (Phi) is 1.47. The summed E-state index contributed by atoms with van der Waals surface area (Å²) in [7, 11) is 0. The van der Waals surface area contributed by atoms with Crippen LogP contribution in [0.4, 0.5) is 11.8 Å². The summed E-state index contributed by atoms with van der Waals surface area (Å²) in [4.78, 5) is 9.77. The molecule has 1 aliphatic rings. The Morgan fingerprint density at radius 2 is 2.21 bits per heavy atom. The molecule has 0 radical (unpaired) electrons. The summed E-state index contributed by atoms with van der Waals surface area (Å²) in [6.07, 6.45) is 2.48. The van der Waals surface area contributed by atoms with Crippen molar-refractivity contribution in [1.82, 2.24) is 9.97 Å². The van der Waals surface area contributed by atoms with E-state index in [4.69, 9.17) is 10.2 Å². The lowest BCUT2D eigenvalue weighted by atomic mass is 10.4. The van der Waals surface area contributed by atoms with Gasteiger partial charge in [-0.15, -0.1) is 0 Å². The minimum absolute atomic E-state index is 0.409. The van der Waals surface area contributed by atoms with Crippen molar-refractivity contribution in [3.63, 3.8) is 0 Å². The molecule has 74 valence electrons. The van der Waals surface area contributed by atoms with Gasteiger partial charge in [-0.25, -0.2) is 0 Å². The molecule has 0 bridgehead atoms. The smallest absolute Gasteiger partial charge is 0.248 e. The molecule has 1 fully saturated rings. The maximum Gasteiger partial charge on any atom is 0.248 e. The highest BCUT2D eigenvalue weighted by Gasteiger charge is 2.17. The summed E-state index contributed by atoms with van der Waals surface area (Å²) < 4.78 is 5.22. The predicted molar refractivity (Wildman–Crippen MR) is 54.2 cm³/mol. The molecule has 2 aromatic rings. The number of nitrogens with one attached hydrogen (secondary N) is 1. The number of hydrogen-bond donors (Lipinski definition) is 2. The topological polar surface area (TPSA) is 71.1 Å². The van der Waals surface area contributed by atoms with Crippen LogP contribution in [-0.4, -0.2) is 23.1 Å². The molecule has 3 heterocycles. The number of H-pyrrole nitrogens is 1. The average Bonchev–Trinajstić information content (AvgIpc) is 2.74. The zero-order valence-electron chi connectivity index (χ0n) is 7.79. The molecular weight excluding hydrogens is 180 g/mol. The number of imidazole rings is 1. The number of aromatic nitrogens is 2. The Labute approximate surface area is 80.9 Å². The van der Waals surface area contributed by atoms with Crippen LogP contribution in [0.1, 0.15) is 12.8 Å². The van der Waals surface area contributed by atoms with E-state index in [1.54, 1.807) is 6.07 Å². The van der Waals surface area contributed by atoms with Crippen LogP contribution in [-0.2, 0) is 0 Å². The Balaban J connectivity index is 2.01. The molecule has 0 amide bonds. The summed E-state index contributed by atoms with van der Waals surface area (Å²) >= 11 is 0. The minimum atomic E-state index is 0.409. The number of fused-ring (bicyclic) bond motifs is 1. The summed E-state index contributed by atoms with van der Waals surface area (Å²) in [6, 6.07) is 1.77. The first-order valence-corrected chi connectivity index (χ1v) is 4.83. The highest BCUT2D eigenvalue weighted by atomic mass is 16.4. The van der Waals surface area contributed by atoms with Crippen LogP contribution in [0.25, 0.3) is 11.2 Å². The molecule has 5 nitrogen and oxygen atoms in total. The first-order valence-electron chi connectivity index (χ1n) is 4.83. The first kappa shape index (κ1) is 7.73. The van der Waals surface area contributed by atoms with Gasteiger partial charge < -0.3 is 20.0 Å². The van der Waals surface area contributed by atoms with Gasteiger partial charge in [0.15, 0.2) is 5.88 Å². The van der Waals surface area contributed by atoms with E-state index in [1.807, 2.05) is 0 Å². The lowest BCUT2D eigenvalue weighted by molar-refractivity contribution is 0.625. The quantitative estimate of drug-likeness (QED) is 0.715. The molecule has 3 rings (SSSR count). The molecule has 0 spiro atoms. The van der Waals surface area contributed by atoms with Gasteiger partial charge in [-0.2, -0.15) is 4.98 Å². The molecule has 0 atom stereocenters. The van der Waals surface area contributed by atoms with Gasteiger partial charge in [0.2, 0.25) is 11.7 Å². The van der Waals surface area contributed by atoms with Crippen molar-refractivity contribution >= 4 is 23.1 Å². The zero-order valence-corrected chi connectivity index (χ0v) is 7.79. The number of anilines is 2. The number of furan rings is 1. The number of aromatic amines is 1. The number of nitrogens with zero attached hydrogens (tertiary/aromatic N) is 2. The van der Waals surface area contributed by atoms with Crippen LogP contribution in [0, 0.1) is 0 Å². The van der Waals surface area contributed by atoms with Crippen molar-refractivity contribution in [2.45, 2.75) is 12.8 Å². The number of nitrogen functional groups attached to an aromatic ring is 1. The van der Waals surface area contributed by atoms with E-state index in [2.05, 4.69) is 14.9 Å². The second-order valence-corrected chi connectivity index (χ2v) is 3.62. The van der Waals surface area contributed by atoms with Crippen molar-refractivity contribution in [1.29, 1.82) is 0 Å². The largest absolute Gasteiger partial charge is 0.421 e. The highest BCUT2D eigenvalue weighted by molar-refractivity contribution is 5.75. The van der Waals surface area contributed by atoms with Crippen molar-refractivity contribution in [3.05, 3.63) is 6.07 Å². The van der Waals surface area contributed by atoms with Gasteiger partial charge in [-0.05, 0) is 12.8 Å². The normalized spacial score (nSPS) is 17.0. The first-order chi connectivity index (χ1) is 6.83. The van der Waals surface area contributed by atoms with Crippen LogP contribution in [0.5, 0.6) is 0 Å². The monoisotopic (exact) mass is 192 g/mol. The Morgan fingerprint density at radius 1 is 1.43 bits per heavy atom. The van der Waals surface area contributed by atoms with E-state index in [9.17, 15) is 0 Å². The van der Waals surface area contributed by atoms with E-state index in [-0.39, 0.29) is 0 Å². The number of hydrogen-bond acceptors (Lipinski definition) is 4. The van der Waals surface area contributed by atoms with Crippen molar-refractivity contribution in [3.8, 4) is 0 Å². The molecule has 0 saturated carbocycles. The van der Waals surface area contributed by atoms with Gasteiger partial charge in [0.05, 0.1) is 0 Å². The third kappa shape index (κ3) is 1.05. The van der Waals surface area contributed by atoms with Gasteiger partial charge in [0, 0.05) is 19.2 Å². The molecule has 3 N–H and O–H groups in total. The lowest BCUT2D eigenvalue weighted by Crippen LogP contribution is -2.18. The highest BCUT2D eigenvalue weighted by Crippen LogP contribution is 2.24. The van der Waals surface area contributed by atoms with Gasteiger partial charge in [-0.3, -0.25) is 0 Å². The Morgan fingerprint density at radius 3 is 2.93 bits per heavy atom. The molecule has 0 unspecified atom stereocenters. The molecule has 5 heteroatoms. The Bertz CT molecular complexity index is 421. The van der Waals surface area contributed by atoms with Crippen molar-refractivity contribution < 1.29 is 4.42 Å². The number of rotatable bonds is 1. The fourth-order valence-corrected chi connectivity index (χ4v) is 1.90. The van der Waals surface area contributed by atoms with E-state index in [0.717, 1.165) is 24.6 Å². The lowest BCUT2D eigenvalue weighted by Gasteiger charge is -2.12.